The lowest BCUT2D eigenvalue weighted by Gasteiger charge is -2.12. The van der Waals surface area contributed by atoms with E-state index in [0.29, 0.717) is 11.5 Å². The number of amides is 1. The van der Waals surface area contributed by atoms with Crippen molar-refractivity contribution in [2.24, 2.45) is 0 Å². The Balaban J connectivity index is 1.56. The number of hydrogen-bond acceptors (Lipinski definition) is 5. The summed E-state index contributed by atoms with van der Waals surface area (Å²) < 4.78 is 1.72. The molecule has 7 nitrogen and oxygen atoms in total. The lowest BCUT2D eigenvalue weighted by Crippen LogP contribution is -2.31. The third-order valence-corrected chi connectivity index (χ3v) is 5.78. The fourth-order valence-electron chi connectivity index (χ4n) is 4.13. The van der Waals surface area contributed by atoms with Gasteiger partial charge in [-0.3, -0.25) is 4.79 Å². The molecule has 2 aliphatic carbocycles. The van der Waals surface area contributed by atoms with Gasteiger partial charge in [0.05, 0.1) is 29.3 Å². The molecule has 0 bridgehead atoms. The fraction of sp³-hybridized carbons (Fsp3) is 0.391. The molecule has 7 heteroatoms. The van der Waals surface area contributed by atoms with Crippen molar-refractivity contribution in [3.05, 3.63) is 59.0 Å². The van der Waals surface area contributed by atoms with Crippen LogP contribution in [0.2, 0.25) is 0 Å². The second kappa shape index (κ2) is 7.65. The van der Waals surface area contributed by atoms with Crippen molar-refractivity contribution >= 4 is 5.91 Å². The fourth-order valence-corrected chi connectivity index (χ4v) is 4.13. The summed E-state index contributed by atoms with van der Waals surface area (Å²) in [5.74, 6) is 0.570. The summed E-state index contributed by atoms with van der Waals surface area (Å²) in [7, 11) is 0. The summed E-state index contributed by atoms with van der Waals surface area (Å²) in [5, 5.41) is 16.7. The molecule has 30 heavy (non-hydrogen) atoms. The molecular formula is C23H25N5O2. The van der Waals surface area contributed by atoms with E-state index in [1.807, 2.05) is 12.3 Å². The number of nitrogens with zero attached hydrogens (tertiary/aromatic N) is 4. The highest BCUT2D eigenvalue weighted by molar-refractivity contribution is 5.95. The number of nitrogens with one attached hydrogen (secondary N) is 1. The molecule has 1 fully saturated rings. The minimum absolute atomic E-state index is 0.209. The van der Waals surface area contributed by atoms with Gasteiger partial charge in [-0.2, -0.15) is 5.10 Å². The van der Waals surface area contributed by atoms with Crippen molar-refractivity contribution in [1.82, 2.24) is 25.1 Å². The maximum atomic E-state index is 12.7. The van der Waals surface area contributed by atoms with Crippen LogP contribution in [-0.4, -0.2) is 43.4 Å². The van der Waals surface area contributed by atoms with Crippen LogP contribution >= 0.6 is 0 Å². The summed E-state index contributed by atoms with van der Waals surface area (Å²) in [5.41, 5.74) is 5.98. The van der Waals surface area contributed by atoms with E-state index >= 15 is 0 Å². The molecule has 154 valence electrons. The zero-order chi connectivity index (χ0) is 20.7. The van der Waals surface area contributed by atoms with Crippen molar-refractivity contribution < 1.29 is 9.90 Å². The zero-order valence-electron chi connectivity index (χ0n) is 17.0. The summed E-state index contributed by atoms with van der Waals surface area (Å²) in [6.07, 6.45) is 8.01. The molecule has 2 N–H and O–H groups in total. The van der Waals surface area contributed by atoms with Gasteiger partial charge in [0.15, 0.2) is 0 Å². The molecule has 1 amide bonds. The monoisotopic (exact) mass is 403 g/mol. The number of aliphatic hydroxyl groups excluding tert-OH is 1. The summed E-state index contributed by atoms with van der Waals surface area (Å²) >= 11 is 0. The van der Waals surface area contributed by atoms with Gasteiger partial charge in [0.2, 0.25) is 0 Å². The van der Waals surface area contributed by atoms with E-state index in [1.54, 1.807) is 17.8 Å². The average Bonchev–Trinajstić information content (AvgIpc) is 3.53. The molecule has 0 saturated heterocycles. The second-order valence-corrected chi connectivity index (χ2v) is 8.24. The predicted molar refractivity (Wildman–Crippen MR) is 113 cm³/mol. The van der Waals surface area contributed by atoms with Crippen LogP contribution in [0.4, 0.5) is 0 Å². The average molecular weight is 403 g/mol. The first kappa shape index (κ1) is 18.9. The van der Waals surface area contributed by atoms with Gasteiger partial charge in [-0.1, -0.05) is 24.3 Å². The Morgan fingerprint density at radius 1 is 1.23 bits per heavy atom. The highest BCUT2D eigenvalue weighted by atomic mass is 16.3. The highest BCUT2D eigenvalue weighted by Gasteiger charge is 2.34. The van der Waals surface area contributed by atoms with Crippen molar-refractivity contribution in [3.63, 3.8) is 0 Å². The predicted octanol–water partition coefficient (Wildman–Crippen LogP) is 2.81. The molecule has 5 rings (SSSR count). The zero-order valence-corrected chi connectivity index (χ0v) is 17.0. The van der Waals surface area contributed by atoms with Gasteiger partial charge in [-0.05, 0) is 50.2 Å². The number of rotatable bonds is 5. The van der Waals surface area contributed by atoms with E-state index in [1.165, 1.54) is 5.56 Å². The van der Waals surface area contributed by atoms with Gasteiger partial charge in [0.25, 0.3) is 11.9 Å². The third kappa shape index (κ3) is 3.50. The van der Waals surface area contributed by atoms with Crippen LogP contribution in [0.25, 0.3) is 17.2 Å². The Kier molecular flexibility index (Phi) is 4.83. The Hall–Kier alpha value is -3.06. The van der Waals surface area contributed by atoms with Crippen molar-refractivity contribution in [3.8, 4) is 17.2 Å². The molecule has 2 aromatic heterocycles. The minimum Gasteiger partial charge on any atom is -0.392 e. The maximum absolute atomic E-state index is 12.7. The number of hydrogen-bond donors (Lipinski definition) is 2. The minimum atomic E-state index is -0.596. The number of aliphatic hydroxyl groups is 1. The van der Waals surface area contributed by atoms with Crippen LogP contribution in [0, 0.1) is 0 Å². The van der Waals surface area contributed by atoms with Gasteiger partial charge >= 0.3 is 0 Å². The molecule has 0 spiro atoms. The normalized spacial score (nSPS) is 16.3. The Morgan fingerprint density at radius 2 is 2.03 bits per heavy atom. The Morgan fingerprint density at radius 3 is 2.83 bits per heavy atom. The molecule has 3 aromatic rings. The summed E-state index contributed by atoms with van der Waals surface area (Å²) in [6, 6.07) is 8.41. The Labute approximate surface area is 175 Å². The van der Waals surface area contributed by atoms with Gasteiger partial charge < -0.3 is 10.4 Å². The number of benzene rings is 1. The molecular weight excluding hydrogens is 378 g/mol. The largest absolute Gasteiger partial charge is 0.392 e. The lowest BCUT2D eigenvalue weighted by molar-refractivity contribution is 0.0923. The second-order valence-electron chi connectivity index (χ2n) is 8.24. The SMILES string of the molecule is C[C@H](O)CNC(=O)c1cnn(-c2ncc3c(n2)-c2ccccc2CCC3)c1C1CC1. The van der Waals surface area contributed by atoms with E-state index < -0.39 is 6.10 Å². The molecule has 1 aromatic carbocycles. The first-order valence-corrected chi connectivity index (χ1v) is 10.6. The molecule has 1 atom stereocenters. The first-order valence-electron chi connectivity index (χ1n) is 10.6. The van der Waals surface area contributed by atoms with E-state index in [-0.39, 0.29) is 18.4 Å². The van der Waals surface area contributed by atoms with Gasteiger partial charge in [0, 0.05) is 24.2 Å². The van der Waals surface area contributed by atoms with Gasteiger partial charge in [-0.25, -0.2) is 14.6 Å². The van der Waals surface area contributed by atoms with Gasteiger partial charge in [0.1, 0.15) is 0 Å². The van der Waals surface area contributed by atoms with Crippen molar-refractivity contribution in [1.29, 1.82) is 0 Å². The third-order valence-electron chi connectivity index (χ3n) is 5.78. The quantitative estimate of drug-likeness (QED) is 0.683. The van der Waals surface area contributed by atoms with Crippen LogP contribution in [0.1, 0.15) is 59.3 Å². The highest BCUT2D eigenvalue weighted by Crippen LogP contribution is 2.42. The van der Waals surface area contributed by atoms with Crippen LogP contribution in [0.3, 0.4) is 0 Å². The van der Waals surface area contributed by atoms with Crippen LogP contribution in [0.5, 0.6) is 0 Å². The van der Waals surface area contributed by atoms with Crippen molar-refractivity contribution in [2.45, 2.75) is 51.0 Å². The molecule has 0 radical (unpaired) electrons. The number of aromatic nitrogens is 4. The van der Waals surface area contributed by atoms with Gasteiger partial charge in [-0.15, -0.1) is 0 Å². The summed E-state index contributed by atoms with van der Waals surface area (Å²) in [4.78, 5) is 22.2. The number of fused-ring (bicyclic) bond motifs is 3. The molecule has 2 heterocycles. The molecule has 0 unspecified atom stereocenters. The number of carbonyl (C=O) groups excluding carboxylic acids is 1. The number of aryl methyl sites for hydroxylation is 2. The van der Waals surface area contributed by atoms with Crippen LogP contribution < -0.4 is 5.32 Å². The van der Waals surface area contributed by atoms with Crippen LogP contribution in [-0.2, 0) is 12.8 Å². The topological polar surface area (TPSA) is 92.9 Å². The molecule has 2 aliphatic rings. The number of carbonyl (C=O) groups is 1. The van der Waals surface area contributed by atoms with E-state index in [2.05, 4.69) is 33.6 Å². The first-order chi connectivity index (χ1) is 14.6. The molecule has 1 saturated carbocycles. The smallest absolute Gasteiger partial charge is 0.254 e. The van der Waals surface area contributed by atoms with E-state index in [9.17, 15) is 9.90 Å². The maximum Gasteiger partial charge on any atom is 0.254 e. The Bertz CT molecular complexity index is 1100. The summed E-state index contributed by atoms with van der Waals surface area (Å²) in [6.45, 7) is 1.85. The lowest BCUT2D eigenvalue weighted by atomic mass is 10.0. The van der Waals surface area contributed by atoms with Crippen molar-refractivity contribution in [2.75, 3.05) is 6.54 Å². The van der Waals surface area contributed by atoms with E-state index in [4.69, 9.17) is 4.98 Å². The molecule has 0 aliphatic heterocycles. The van der Waals surface area contributed by atoms with E-state index in [0.717, 1.165) is 54.6 Å². The van der Waals surface area contributed by atoms with Crippen LogP contribution in [0.15, 0.2) is 36.7 Å². The standard InChI is InChI=1S/C23H25N5O2/c1-14(29)11-24-22(30)19-13-26-28(21(19)16-9-10-16)23-25-12-17-7-4-6-15-5-2-3-8-18(15)20(17)27-23/h2-3,5,8,12-14,16,29H,4,6-7,9-11H2,1H3,(H,24,30)/t14-/m0/s1.